The maximum Gasteiger partial charge on any atom is 0.328 e. The van der Waals surface area contributed by atoms with Gasteiger partial charge >= 0.3 is 5.97 Å². The Balaban J connectivity index is 2.02. The largest absolute Gasteiger partial charge is 0.478 e. The summed E-state index contributed by atoms with van der Waals surface area (Å²) in [5, 5.41) is 11.3. The SMILES string of the molecule is O=C(O)/C=C/c1cccc(NC(=O)C2CCCS2)n1. The predicted octanol–water partition coefficient (Wildman–Crippen LogP) is 2.01. The third-order valence-electron chi connectivity index (χ3n) is 2.64. The highest BCUT2D eigenvalue weighted by Gasteiger charge is 2.23. The highest BCUT2D eigenvalue weighted by atomic mass is 32.2. The quantitative estimate of drug-likeness (QED) is 0.824. The van der Waals surface area contributed by atoms with Crippen molar-refractivity contribution in [2.75, 3.05) is 11.1 Å². The summed E-state index contributed by atoms with van der Waals surface area (Å²) in [5.74, 6) is 0.408. The summed E-state index contributed by atoms with van der Waals surface area (Å²) < 4.78 is 0. The van der Waals surface area contributed by atoms with Gasteiger partial charge in [0.15, 0.2) is 0 Å². The second kappa shape index (κ2) is 6.38. The number of amides is 1. The van der Waals surface area contributed by atoms with Gasteiger partial charge in [-0.05, 0) is 36.8 Å². The van der Waals surface area contributed by atoms with E-state index in [1.165, 1.54) is 6.08 Å². The van der Waals surface area contributed by atoms with Gasteiger partial charge in [-0.3, -0.25) is 4.79 Å². The summed E-state index contributed by atoms with van der Waals surface area (Å²) >= 11 is 1.66. The average molecular weight is 278 g/mol. The Kier molecular flexibility index (Phi) is 4.57. The number of carboxylic acids is 1. The number of nitrogens with one attached hydrogen (secondary N) is 1. The fourth-order valence-corrected chi connectivity index (χ4v) is 2.92. The molecule has 1 unspecified atom stereocenters. The first-order chi connectivity index (χ1) is 9.15. The van der Waals surface area contributed by atoms with Crippen molar-refractivity contribution >= 4 is 35.5 Å². The van der Waals surface area contributed by atoms with E-state index in [0.717, 1.165) is 24.7 Å². The number of carboxylic acid groups (broad SMARTS) is 1. The fourth-order valence-electron chi connectivity index (χ4n) is 1.76. The molecule has 0 spiro atoms. The Morgan fingerprint density at radius 3 is 3.00 bits per heavy atom. The van der Waals surface area contributed by atoms with Gasteiger partial charge in [0.05, 0.1) is 10.9 Å². The van der Waals surface area contributed by atoms with Gasteiger partial charge in [-0.25, -0.2) is 9.78 Å². The van der Waals surface area contributed by atoms with Crippen LogP contribution in [0.5, 0.6) is 0 Å². The van der Waals surface area contributed by atoms with Gasteiger partial charge in [0.1, 0.15) is 5.82 Å². The first kappa shape index (κ1) is 13.6. The van der Waals surface area contributed by atoms with Gasteiger partial charge in [0.25, 0.3) is 0 Å². The van der Waals surface area contributed by atoms with E-state index in [-0.39, 0.29) is 11.2 Å². The van der Waals surface area contributed by atoms with E-state index in [1.54, 1.807) is 30.0 Å². The number of carbonyl (C=O) groups is 2. The molecule has 19 heavy (non-hydrogen) atoms. The second-order valence-electron chi connectivity index (χ2n) is 4.11. The highest BCUT2D eigenvalue weighted by Crippen LogP contribution is 2.26. The van der Waals surface area contributed by atoms with Crippen molar-refractivity contribution in [2.24, 2.45) is 0 Å². The topological polar surface area (TPSA) is 79.3 Å². The van der Waals surface area contributed by atoms with E-state index in [9.17, 15) is 9.59 Å². The third kappa shape index (κ3) is 4.10. The van der Waals surface area contributed by atoms with E-state index in [1.807, 2.05) is 0 Å². The molecule has 5 nitrogen and oxygen atoms in total. The zero-order valence-corrected chi connectivity index (χ0v) is 11.0. The van der Waals surface area contributed by atoms with Crippen molar-refractivity contribution in [3.05, 3.63) is 30.0 Å². The highest BCUT2D eigenvalue weighted by molar-refractivity contribution is 8.00. The van der Waals surface area contributed by atoms with E-state index >= 15 is 0 Å². The molecular formula is C13H14N2O3S. The van der Waals surface area contributed by atoms with Crippen molar-refractivity contribution in [1.29, 1.82) is 0 Å². The zero-order valence-electron chi connectivity index (χ0n) is 10.2. The number of aromatic nitrogens is 1. The van der Waals surface area contributed by atoms with Crippen LogP contribution in [-0.4, -0.2) is 33.0 Å². The number of nitrogens with zero attached hydrogens (tertiary/aromatic N) is 1. The standard InChI is InChI=1S/C13H14N2O3S/c16-12(17)7-6-9-3-1-5-11(14-9)15-13(18)10-4-2-8-19-10/h1,3,5-7,10H,2,4,8H2,(H,16,17)(H,14,15,18)/b7-6+. The number of rotatable bonds is 4. The van der Waals surface area contributed by atoms with Crippen molar-refractivity contribution < 1.29 is 14.7 Å². The minimum Gasteiger partial charge on any atom is -0.478 e. The van der Waals surface area contributed by atoms with Gasteiger partial charge < -0.3 is 10.4 Å². The summed E-state index contributed by atoms with van der Waals surface area (Å²) in [6, 6.07) is 5.10. The number of anilines is 1. The average Bonchev–Trinajstić information content (AvgIpc) is 2.91. The monoisotopic (exact) mass is 278 g/mol. The van der Waals surface area contributed by atoms with Crippen LogP contribution in [0.2, 0.25) is 0 Å². The molecule has 1 aromatic rings. The molecule has 0 bridgehead atoms. The van der Waals surface area contributed by atoms with Crippen LogP contribution in [0, 0.1) is 0 Å². The van der Waals surface area contributed by atoms with Gasteiger partial charge in [0, 0.05) is 6.08 Å². The summed E-state index contributed by atoms with van der Waals surface area (Å²) in [7, 11) is 0. The smallest absolute Gasteiger partial charge is 0.328 e. The molecule has 6 heteroatoms. The van der Waals surface area contributed by atoms with Gasteiger partial charge in [-0.2, -0.15) is 0 Å². The van der Waals surface area contributed by atoms with Crippen LogP contribution >= 0.6 is 11.8 Å². The number of pyridine rings is 1. The van der Waals surface area contributed by atoms with E-state index in [0.29, 0.717) is 11.5 Å². The van der Waals surface area contributed by atoms with Crippen LogP contribution in [0.4, 0.5) is 5.82 Å². The summed E-state index contributed by atoms with van der Waals surface area (Å²) in [6.45, 7) is 0. The van der Waals surface area contributed by atoms with Gasteiger partial charge in [-0.1, -0.05) is 6.07 Å². The number of hydrogen-bond acceptors (Lipinski definition) is 4. The Hall–Kier alpha value is -1.82. The number of carbonyl (C=O) groups excluding carboxylic acids is 1. The third-order valence-corrected chi connectivity index (χ3v) is 4.02. The van der Waals surface area contributed by atoms with Gasteiger partial charge in [0.2, 0.25) is 5.91 Å². The van der Waals surface area contributed by atoms with Crippen LogP contribution < -0.4 is 5.32 Å². The normalized spacial score (nSPS) is 18.6. The summed E-state index contributed by atoms with van der Waals surface area (Å²) in [5.41, 5.74) is 0.499. The Bertz CT molecular complexity index is 510. The first-order valence-electron chi connectivity index (χ1n) is 5.96. The van der Waals surface area contributed by atoms with Crippen molar-refractivity contribution in [3.8, 4) is 0 Å². The molecule has 0 radical (unpaired) electrons. The maximum absolute atomic E-state index is 11.9. The number of thioether (sulfide) groups is 1. The fraction of sp³-hybridized carbons (Fsp3) is 0.308. The molecular weight excluding hydrogens is 264 g/mol. The molecule has 1 fully saturated rings. The van der Waals surface area contributed by atoms with Crippen LogP contribution in [0.15, 0.2) is 24.3 Å². The molecule has 1 aliphatic rings. The zero-order chi connectivity index (χ0) is 13.7. The molecule has 0 aliphatic carbocycles. The molecule has 1 saturated heterocycles. The molecule has 1 aliphatic heterocycles. The van der Waals surface area contributed by atoms with Crippen LogP contribution in [0.1, 0.15) is 18.5 Å². The van der Waals surface area contributed by atoms with Crippen LogP contribution in [0.3, 0.4) is 0 Å². The Morgan fingerprint density at radius 1 is 1.47 bits per heavy atom. The Labute approximate surface area is 115 Å². The Morgan fingerprint density at radius 2 is 2.32 bits per heavy atom. The first-order valence-corrected chi connectivity index (χ1v) is 7.00. The molecule has 1 aromatic heterocycles. The lowest BCUT2D eigenvalue weighted by Gasteiger charge is -2.09. The summed E-state index contributed by atoms with van der Waals surface area (Å²) in [6.07, 6.45) is 4.37. The van der Waals surface area contributed by atoms with E-state index in [2.05, 4.69) is 10.3 Å². The van der Waals surface area contributed by atoms with Crippen molar-refractivity contribution in [3.63, 3.8) is 0 Å². The van der Waals surface area contributed by atoms with Gasteiger partial charge in [-0.15, -0.1) is 11.8 Å². The van der Waals surface area contributed by atoms with E-state index < -0.39 is 5.97 Å². The molecule has 2 N–H and O–H groups in total. The second-order valence-corrected chi connectivity index (χ2v) is 5.42. The lowest BCUT2D eigenvalue weighted by atomic mass is 10.2. The van der Waals surface area contributed by atoms with Crippen LogP contribution in [0.25, 0.3) is 6.08 Å². The number of aliphatic carboxylic acids is 1. The molecule has 2 heterocycles. The molecule has 1 atom stereocenters. The minimum absolute atomic E-state index is 0.0000165. The summed E-state index contributed by atoms with van der Waals surface area (Å²) in [4.78, 5) is 26.5. The lowest BCUT2D eigenvalue weighted by molar-refractivity contribution is -0.131. The van der Waals surface area contributed by atoms with Crippen molar-refractivity contribution in [2.45, 2.75) is 18.1 Å². The molecule has 2 rings (SSSR count). The number of hydrogen-bond donors (Lipinski definition) is 2. The molecule has 0 saturated carbocycles. The molecule has 1 amide bonds. The van der Waals surface area contributed by atoms with E-state index in [4.69, 9.17) is 5.11 Å². The predicted molar refractivity (Wildman–Crippen MR) is 75.0 cm³/mol. The maximum atomic E-state index is 11.9. The van der Waals surface area contributed by atoms with Crippen molar-refractivity contribution in [1.82, 2.24) is 4.98 Å². The minimum atomic E-state index is -1.03. The van der Waals surface area contributed by atoms with Crippen LogP contribution in [-0.2, 0) is 9.59 Å². The molecule has 100 valence electrons. The molecule has 0 aromatic carbocycles. The lowest BCUT2D eigenvalue weighted by Crippen LogP contribution is -2.23.